The number of ether oxygens (including phenoxy) is 1. The summed E-state index contributed by atoms with van der Waals surface area (Å²) in [6.07, 6.45) is 5.47. The van der Waals surface area contributed by atoms with Crippen molar-refractivity contribution in [3.8, 4) is 17.2 Å². The number of aromatic hydroxyl groups is 1. The van der Waals surface area contributed by atoms with Crippen molar-refractivity contribution < 1.29 is 22.7 Å². The van der Waals surface area contributed by atoms with E-state index >= 15 is 0 Å². The van der Waals surface area contributed by atoms with Gasteiger partial charge in [-0.2, -0.15) is 0 Å². The van der Waals surface area contributed by atoms with Gasteiger partial charge in [0.25, 0.3) is 10.0 Å². The molecule has 34 heavy (non-hydrogen) atoms. The van der Waals surface area contributed by atoms with Crippen LogP contribution in [0.5, 0.6) is 17.2 Å². The summed E-state index contributed by atoms with van der Waals surface area (Å²) in [5.41, 5.74) is 2.33. The van der Waals surface area contributed by atoms with Crippen molar-refractivity contribution in [3.63, 3.8) is 0 Å². The van der Waals surface area contributed by atoms with Gasteiger partial charge >= 0.3 is 0 Å². The number of nitrogens with zero attached hydrogens (tertiary/aromatic N) is 1. The standard InChI is InChI=1S/C26H27FN2O4S/c27-20-4-6-22(7-5-20)33-23-8-10-24(11-9-23)34(31,32)28-25-16-18-12-14-29(21-2-1-3-21)15-13-19(18)17-26(25)30/h4-11,16-17,21,28,30H,1-3,12-15H2. The first-order valence-corrected chi connectivity index (χ1v) is 13.0. The average molecular weight is 483 g/mol. The van der Waals surface area contributed by atoms with Gasteiger partial charge in [-0.15, -0.1) is 0 Å². The maximum absolute atomic E-state index is 13.0. The van der Waals surface area contributed by atoms with Gasteiger partial charge in [-0.3, -0.25) is 9.62 Å². The number of fused-ring (bicyclic) bond motifs is 1. The summed E-state index contributed by atoms with van der Waals surface area (Å²) >= 11 is 0. The lowest BCUT2D eigenvalue weighted by Gasteiger charge is -2.36. The number of benzene rings is 3. The molecule has 8 heteroatoms. The van der Waals surface area contributed by atoms with Gasteiger partial charge in [0, 0.05) is 19.1 Å². The fourth-order valence-corrected chi connectivity index (χ4v) is 5.57. The van der Waals surface area contributed by atoms with Crippen LogP contribution in [0.3, 0.4) is 0 Å². The molecule has 0 bridgehead atoms. The van der Waals surface area contributed by atoms with Crippen molar-refractivity contribution in [2.45, 2.75) is 43.0 Å². The lowest BCUT2D eigenvalue weighted by Crippen LogP contribution is -2.41. The van der Waals surface area contributed by atoms with E-state index in [0.717, 1.165) is 37.1 Å². The molecule has 0 spiro atoms. The fraction of sp³-hybridized carbons (Fsp3) is 0.308. The third-order valence-corrected chi connectivity index (χ3v) is 8.05. The van der Waals surface area contributed by atoms with Gasteiger partial charge in [0.05, 0.1) is 10.6 Å². The Morgan fingerprint density at radius 1 is 0.912 bits per heavy atom. The Hall–Kier alpha value is -3.10. The zero-order valence-electron chi connectivity index (χ0n) is 18.7. The number of halogens is 1. The Balaban J connectivity index is 1.30. The van der Waals surface area contributed by atoms with Crippen molar-refractivity contribution in [2.24, 2.45) is 0 Å². The molecule has 0 unspecified atom stereocenters. The van der Waals surface area contributed by atoms with Crippen molar-refractivity contribution in [3.05, 3.63) is 77.6 Å². The second-order valence-electron chi connectivity index (χ2n) is 8.89. The number of nitrogens with one attached hydrogen (secondary N) is 1. The first-order chi connectivity index (χ1) is 16.4. The predicted molar refractivity (Wildman–Crippen MR) is 128 cm³/mol. The van der Waals surface area contributed by atoms with Crippen LogP contribution in [0.2, 0.25) is 0 Å². The molecule has 2 aliphatic rings. The number of hydrogen-bond acceptors (Lipinski definition) is 5. The van der Waals surface area contributed by atoms with Crippen LogP contribution >= 0.6 is 0 Å². The molecule has 6 nitrogen and oxygen atoms in total. The van der Waals surface area contributed by atoms with Crippen LogP contribution in [0, 0.1) is 5.82 Å². The van der Waals surface area contributed by atoms with Gasteiger partial charge in [0.15, 0.2) is 0 Å². The van der Waals surface area contributed by atoms with Gasteiger partial charge in [-0.1, -0.05) is 6.42 Å². The number of phenols is 1. The second-order valence-corrected chi connectivity index (χ2v) is 10.6. The molecule has 1 aliphatic carbocycles. The van der Waals surface area contributed by atoms with E-state index in [0.29, 0.717) is 17.5 Å². The first-order valence-electron chi connectivity index (χ1n) is 11.5. The summed E-state index contributed by atoms with van der Waals surface area (Å²) in [5.74, 6) is 0.433. The monoisotopic (exact) mass is 482 g/mol. The highest BCUT2D eigenvalue weighted by atomic mass is 32.2. The minimum Gasteiger partial charge on any atom is -0.506 e. The van der Waals surface area contributed by atoms with E-state index in [-0.39, 0.29) is 22.1 Å². The van der Waals surface area contributed by atoms with Crippen LogP contribution in [0.15, 0.2) is 65.6 Å². The van der Waals surface area contributed by atoms with Gasteiger partial charge in [-0.25, -0.2) is 12.8 Å². The lowest BCUT2D eigenvalue weighted by atomic mass is 9.91. The number of hydrogen-bond donors (Lipinski definition) is 2. The summed E-state index contributed by atoms with van der Waals surface area (Å²) in [7, 11) is -3.91. The van der Waals surface area contributed by atoms with E-state index < -0.39 is 10.0 Å². The molecule has 0 saturated heterocycles. The molecular weight excluding hydrogens is 455 g/mol. The smallest absolute Gasteiger partial charge is 0.262 e. The summed E-state index contributed by atoms with van der Waals surface area (Å²) in [6, 6.07) is 15.6. The zero-order valence-corrected chi connectivity index (χ0v) is 19.5. The fourth-order valence-electron chi connectivity index (χ4n) is 4.51. The van der Waals surface area contributed by atoms with E-state index in [4.69, 9.17) is 4.74 Å². The maximum atomic E-state index is 13.0. The van der Waals surface area contributed by atoms with Crippen LogP contribution in [0.1, 0.15) is 30.4 Å². The maximum Gasteiger partial charge on any atom is 0.262 e. The summed E-state index contributed by atoms with van der Waals surface area (Å²) < 4.78 is 47.1. The van der Waals surface area contributed by atoms with Crippen LogP contribution in [-0.4, -0.2) is 37.6 Å². The molecule has 1 heterocycles. The molecule has 2 N–H and O–H groups in total. The van der Waals surface area contributed by atoms with Gasteiger partial charge in [0.2, 0.25) is 0 Å². The molecule has 0 atom stereocenters. The minimum atomic E-state index is -3.91. The molecule has 5 rings (SSSR count). The topological polar surface area (TPSA) is 78.9 Å². The molecular formula is C26H27FN2O4S. The molecule has 1 aliphatic heterocycles. The number of sulfonamides is 1. The molecule has 178 valence electrons. The minimum absolute atomic E-state index is 0.0458. The van der Waals surface area contributed by atoms with Gasteiger partial charge in [0.1, 0.15) is 23.1 Å². The van der Waals surface area contributed by atoms with Crippen LogP contribution in [-0.2, 0) is 22.9 Å². The van der Waals surface area contributed by atoms with Gasteiger partial charge < -0.3 is 9.84 Å². The third kappa shape index (κ3) is 4.88. The predicted octanol–water partition coefficient (Wildman–Crippen LogP) is 5.08. The second kappa shape index (κ2) is 9.27. The SMILES string of the molecule is O=S(=O)(Nc1cc2c(cc1O)CCN(C1CCC1)CC2)c1ccc(Oc2ccc(F)cc2)cc1. The highest BCUT2D eigenvalue weighted by molar-refractivity contribution is 7.92. The van der Waals surface area contributed by atoms with E-state index in [1.165, 1.54) is 67.8 Å². The normalized spacial score (nSPS) is 16.9. The van der Waals surface area contributed by atoms with Gasteiger partial charge in [-0.05, 0) is 97.5 Å². The Bertz CT molecular complexity index is 1270. The summed E-state index contributed by atoms with van der Waals surface area (Å²) in [6.45, 7) is 1.92. The van der Waals surface area contributed by atoms with Crippen molar-refractivity contribution in [1.29, 1.82) is 0 Å². The van der Waals surface area contributed by atoms with Crippen LogP contribution in [0.25, 0.3) is 0 Å². The molecule has 1 saturated carbocycles. The highest BCUT2D eigenvalue weighted by Crippen LogP contribution is 2.33. The molecule has 0 amide bonds. The van der Waals surface area contributed by atoms with E-state index in [1.54, 1.807) is 12.1 Å². The largest absolute Gasteiger partial charge is 0.506 e. The zero-order chi connectivity index (χ0) is 23.7. The molecule has 3 aromatic carbocycles. The lowest BCUT2D eigenvalue weighted by molar-refractivity contribution is 0.133. The molecule has 3 aromatic rings. The summed E-state index contributed by atoms with van der Waals surface area (Å²) in [5, 5.41) is 10.5. The number of phenolic OH excluding ortho intramolecular Hbond substituents is 1. The number of rotatable bonds is 6. The highest BCUT2D eigenvalue weighted by Gasteiger charge is 2.27. The van der Waals surface area contributed by atoms with E-state index in [1.807, 2.05) is 0 Å². The Labute approximate surface area is 199 Å². The van der Waals surface area contributed by atoms with E-state index in [2.05, 4.69) is 9.62 Å². The van der Waals surface area contributed by atoms with Crippen molar-refractivity contribution in [2.75, 3.05) is 17.8 Å². The van der Waals surface area contributed by atoms with Crippen LogP contribution < -0.4 is 9.46 Å². The Morgan fingerprint density at radius 2 is 1.50 bits per heavy atom. The quantitative estimate of drug-likeness (QED) is 0.479. The summed E-state index contributed by atoms with van der Waals surface area (Å²) in [4.78, 5) is 2.56. The van der Waals surface area contributed by atoms with Crippen LogP contribution in [0.4, 0.5) is 10.1 Å². The number of anilines is 1. The molecule has 1 fully saturated rings. The molecule has 0 aromatic heterocycles. The van der Waals surface area contributed by atoms with E-state index in [9.17, 15) is 17.9 Å². The first kappa shape index (κ1) is 22.7. The Kier molecular flexibility index (Phi) is 6.18. The molecule has 0 radical (unpaired) electrons. The average Bonchev–Trinajstić information content (AvgIpc) is 2.97. The van der Waals surface area contributed by atoms with Crippen molar-refractivity contribution in [1.82, 2.24) is 4.90 Å². The van der Waals surface area contributed by atoms with Crippen molar-refractivity contribution >= 4 is 15.7 Å². The third-order valence-electron chi connectivity index (χ3n) is 6.67. The Morgan fingerprint density at radius 3 is 2.09 bits per heavy atom.